The summed E-state index contributed by atoms with van der Waals surface area (Å²) < 4.78 is 99.9. The fourth-order valence-electron chi connectivity index (χ4n) is 16.4. The summed E-state index contributed by atoms with van der Waals surface area (Å²) in [5.41, 5.74) is 18.3. The van der Waals surface area contributed by atoms with Crippen molar-refractivity contribution in [2.45, 2.75) is 210 Å². The average Bonchev–Trinajstić information content (AvgIpc) is 1.09. The number of Topliss-reactive ketones (excluding diaryl/α,β-unsaturated/α-hetero) is 2. The molecule has 0 radical (unpaired) electrons. The number of anilines is 1. The van der Waals surface area contributed by atoms with Crippen LogP contribution in [0.5, 0.6) is 5.75 Å². The number of allylic oxidation sites excluding steroid dienone is 6. The Morgan fingerprint density at radius 1 is 0.669 bits per heavy atom. The summed E-state index contributed by atoms with van der Waals surface area (Å²) in [5, 5.41) is 29.3. The predicted octanol–water partition coefficient (Wildman–Crippen LogP) is 8.86. The van der Waals surface area contributed by atoms with E-state index in [1.807, 2.05) is 95.3 Å². The van der Waals surface area contributed by atoms with E-state index in [4.69, 9.17) is 82.5 Å². The van der Waals surface area contributed by atoms with Crippen LogP contribution in [-0.2, 0) is 108 Å². The number of alkyl carbamates (subject to hydrolysis) is 1. The van der Waals surface area contributed by atoms with Crippen molar-refractivity contribution in [3.05, 3.63) is 119 Å². The lowest BCUT2D eigenvalue weighted by atomic mass is 9.80. The number of cyclic esters (lactones) is 1. The SMILES string of the molecule is CO[C@H]1C[C@@H]2CC[C@@H](C)[C@@](O)(O2)C(=O)C(=O)N2CCCC[C@H]2C(=O)O[C@H]([C@H](N)C[C@@H]2CC[C@@H](OC(=O)NCCOCCOCCOCCOCCOCCOCCOCCOCCC(=O)NCCS(=O)c3ccc(C(=O)N4CCOc5ccc(-c6ccc(N)nc6)cc5C4)c(C)c3)[C@H](OC)C2)CC[C@H](C)/C=C(\C)[C@@H](O)[C@@H](OC)C(=O)[C@H](C)C[C@H](C)/C=C/C=CC=C1C. The summed E-state index contributed by atoms with van der Waals surface area (Å²) in [6.07, 6.45) is 13.1. The zero-order valence-electron chi connectivity index (χ0n) is 76.1. The number of carbonyl (C=O) groups is 7. The van der Waals surface area contributed by atoms with Gasteiger partial charge >= 0.3 is 12.1 Å². The van der Waals surface area contributed by atoms with Gasteiger partial charge in [0, 0.05) is 112 Å². The number of pyridine rings is 1. The number of methoxy groups -OCH3 is 3. The molecule has 32 nitrogen and oxygen atoms in total. The van der Waals surface area contributed by atoms with E-state index in [1.165, 1.54) is 12.0 Å². The number of hydrogen-bond acceptors (Lipinski definition) is 28. The van der Waals surface area contributed by atoms with Gasteiger partial charge in [0.15, 0.2) is 5.78 Å². The molecule has 1 unspecified atom stereocenters. The van der Waals surface area contributed by atoms with Gasteiger partial charge in [0.25, 0.3) is 17.6 Å². The van der Waals surface area contributed by atoms with E-state index in [-0.39, 0.29) is 93.2 Å². The molecule has 33 heteroatoms. The first kappa shape index (κ1) is 105. The molecule has 5 aliphatic rings. The Balaban J connectivity index is 0.635. The Bertz CT molecular complexity index is 4060. The maximum Gasteiger partial charge on any atom is 0.407 e. The fraction of sp³-hybridized carbons (Fsp3) is 0.660. The number of nitrogens with two attached hydrogens (primary N) is 2. The Morgan fingerprint density at radius 3 is 1.97 bits per heavy atom. The van der Waals surface area contributed by atoms with Gasteiger partial charge in [0.1, 0.15) is 48.6 Å². The molecule has 4 aliphatic heterocycles. The number of aliphatic hydroxyl groups excluding tert-OH is 1. The highest BCUT2D eigenvalue weighted by atomic mass is 32.2. The number of fused-ring (bicyclic) bond motifs is 4. The van der Waals surface area contributed by atoms with Gasteiger partial charge in [0.05, 0.1) is 141 Å². The van der Waals surface area contributed by atoms with Crippen molar-refractivity contribution in [2.75, 3.05) is 171 Å². The van der Waals surface area contributed by atoms with E-state index in [1.54, 1.807) is 63.4 Å². The highest BCUT2D eigenvalue weighted by Crippen LogP contribution is 2.39. The van der Waals surface area contributed by atoms with E-state index in [2.05, 4.69) is 15.6 Å². The second-order valence-corrected chi connectivity index (χ2v) is 35.1. The molecule has 4 amide bonds. The largest absolute Gasteiger partial charge is 0.491 e. The third-order valence-electron chi connectivity index (χ3n) is 23.8. The van der Waals surface area contributed by atoms with Gasteiger partial charge in [-0.15, -0.1) is 0 Å². The van der Waals surface area contributed by atoms with Crippen molar-refractivity contribution < 1.29 is 119 Å². The van der Waals surface area contributed by atoms with Crippen LogP contribution < -0.4 is 26.8 Å². The van der Waals surface area contributed by atoms with Crippen molar-refractivity contribution in [1.29, 1.82) is 0 Å². The Kier molecular flexibility index (Phi) is 46.1. The molecular formula is C94H141N7O25S. The highest BCUT2D eigenvalue weighted by molar-refractivity contribution is 7.85. The first-order valence-corrected chi connectivity index (χ1v) is 46.3. The van der Waals surface area contributed by atoms with Crippen LogP contribution in [0.1, 0.15) is 153 Å². The molecule has 8 rings (SSSR count). The molecule has 2 bridgehead atoms. The van der Waals surface area contributed by atoms with E-state index >= 15 is 0 Å². The van der Waals surface area contributed by atoms with Crippen LogP contribution in [0, 0.1) is 36.5 Å². The molecule has 1 aromatic heterocycles. The smallest absolute Gasteiger partial charge is 0.407 e. The second-order valence-electron chi connectivity index (χ2n) is 33.6. The predicted molar refractivity (Wildman–Crippen MR) is 477 cm³/mol. The summed E-state index contributed by atoms with van der Waals surface area (Å²) >= 11 is 0. The van der Waals surface area contributed by atoms with E-state index in [0.29, 0.717) is 210 Å². The molecular weight excluding hydrogens is 1660 g/mol. The first-order valence-electron chi connectivity index (χ1n) is 45.0. The lowest BCUT2D eigenvalue weighted by Crippen LogP contribution is -2.61. The Morgan fingerprint density at radius 2 is 1.33 bits per heavy atom. The summed E-state index contributed by atoms with van der Waals surface area (Å²) in [7, 11) is 3.15. The average molecular weight is 1800 g/mol. The number of ether oxygens (including phenoxy) is 15. The standard InChI is InChI=1S/C94H141N7O25S/c1-63-16-12-11-13-17-65(3)82(112-8)60-74-24-20-69(7)94(110,126-74)89(105)91(107)101-34-15-14-18-78(101)92(108)124-80(27-19-64(2)55-68(6)87(104)88(114-10)86(103)67(5)54-63)77(95)57-70-21-28-81(83(58-70)113-9)125-93(109)98-32-37-116-40-42-118-44-46-120-48-50-122-52-51-121-49-47-119-45-43-117-41-39-115-36-31-85(102)97-33-53-127(111)75-25-26-76(66(4)56-75)90(106)100-35-38-123-79-29-22-71(59-73(79)62-100)72-23-30-84(96)99-61-72/h11-13,16-17,22-23,25-26,29-30,55-56,59,61,63-64,67,69-70,74,77-78,80-83,87-88,104,110H,14-15,18-21,24,27-28,31-54,57-58,60,62,95H2,1-10H3,(H2,96,99)(H,97,102)(H,98,109)/b13-11?,16-12+,65-17?,68-55+/t63-,64+,67-,69-,70+,74+,77-,78+,80+,81-,82+,83-,87-,88+,94-,127?/m1/s1. The molecule has 5 heterocycles. The minimum Gasteiger partial charge on any atom is -0.491 e. The summed E-state index contributed by atoms with van der Waals surface area (Å²) in [5.74, 6) is -5.95. The molecule has 8 N–H and O–H groups in total. The molecule has 0 spiro atoms. The molecule has 708 valence electrons. The summed E-state index contributed by atoms with van der Waals surface area (Å²) in [4.78, 5) is 105. The molecule has 2 saturated heterocycles. The number of rotatable bonds is 40. The number of nitrogens with zero attached hydrogens (tertiary/aromatic N) is 3. The number of amides is 4. The number of hydrogen-bond donors (Lipinski definition) is 6. The minimum absolute atomic E-state index is 0.0173. The fourth-order valence-corrected chi connectivity index (χ4v) is 17.4. The molecule has 16 atom stereocenters. The van der Waals surface area contributed by atoms with Crippen molar-refractivity contribution in [2.24, 2.45) is 35.3 Å². The number of nitrogen functional groups attached to an aromatic ring is 1. The van der Waals surface area contributed by atoms with Crippen LogP contribution in [0.2, 0.25) is 0 Å². The van der Waals surface area contributed by atoms with E-state index < -0.39 is 107 Å². The highest BCUT2D eigenvalue weighted by Gasteiger charge is 2.53. The third-order valence-corrected chi connectivity index (χ3v) is 25.2. The van der Waals surface area contributed by atoms with Crippen LogP contribution in [0.3, 0.4) is 0 Å². The lowest BCUT2D eigenvalue weighted by molar-refractivity contribution is -0.265. The molecule has 2 aromatic carbocycles. The van der Waals surface area contributed by atoms with Crippen LogP contribution in [-0.4, -0.2) is 297 Å². The van der Waals surface area contributed by atoms with Crippen LogP contribution in [0.25, 0.3) is 11.1 Å². The monoisotopic (exact) mass is 1800 g/mol. The number of aromatic nitrogens is 1. The van der Waals surface area contributed by atoms with Gasteiger partial charge in [-0.3, -0.25) is 28.2 Å². The lowest BCUT2D eigenvalue weighted by Gasteiger charge is -2.42. The number of carbonyl (C=O) groups excluding carboxylic acids is 7. The Labute approximate surface area is 751 Å². The molecule has 1 saturated carbocycles. The number of ketones is 2. The topological polar surface area (TPSA) is 411 Å². The van der Waals surface area contributed by atoms with Gasteiger partial charge in [0.2, 0.25) is 11.7 Å². The van der Waals surface area contributed by atoms with Gasteiger partial charge < -0.3 is 113 Å². The molecule has 3 fully saturated rings. The number of benzene rings is 2. The maximum atomic E-state index is 14.7. The second kappa shape index (κ2) is 56.0. The van der Waals surface area contributed by atoms with Crippen LogP contribution in [0.4, 0.5) is 10.6 Å². The Hall–Kier alpha value is -7.81. The maximum absolute atomic E-state index is 14.7. The van der Waals surface area contributed by atoms with Crippen LogP contribution in [0.15, 0.2) is 107 Å². The van der Waals surface area contributed by atoms with Crippen molar-refractivity contribution in [1.82, 2.24) is 25.4 Å². The summed E-state index contributed by atoms with van der Waals surface area (Å²) in [6.45, 7) is 20.1. The third kappa shape index (κ3) is 34.5. The number of aliphatic hydroxyl groups is 2. The minimum atomic E-state index is -2.46. The molecule has 1 aliphatic carbocycles. The van der Waals surface area contributed by atoms with E-state index in [0.717, 1.165) is 28.0 Å². The molecule has 127 heavy (non-hydrogen) atoms. The van der Waals surface area contributed by atoms with Gasteiger partial charge in [-0.1, -0.05) is 70.2 Å². The van der Waals surface area contributed by atoms with Gasteiger partial charge in [-0.05, 0) is 180 Å². The van der Waals surface area contributed by atoms with Crippen LogP contribution >= 0.6 is 0 Å². The van der Waals surface area contributed by atoms with E-state index in [9.17, 15) is 48.0 Å². The zero-order chi connectivity index (χ0) is 91.6. The first-order chi connectivity index (χ1) is 61.2. The van der Waals surface area contributed by atoms with Crippen molar-refractivity contribution >= 4 is 58.0 Å². The van der Waals surface area contributed by atoms with Crippen molar-refractivity contribution in [3.8, 4) is 16.9 Å². The van der Waals surface area contributed by atoms with Crippen molar-refractivity contribution in [3.63, 3.8) is 0 Å². The zero-order valence-corrected chi connectivity index (χ0v) is 76.9. The number of piperidine rings is 1. The number of esters is 1. The normalized spacial score (nSPS) is 26.4. The number of nitrogens with one attached hydrogen (secondary N) is 2. The summed E-state index contributed by atoms with van der Waals surface area (Å²) in [6, 6.07) is 12.8. The quantitative estimate of drug-likeness (QED) is 0.0134. The van der Waals surface area contributed by atoms with Gasteiger partial charge in [-0.2, -0.15) is 0 Å². The molecule has 3 aromatic rings. The van der Waals surface area contributed by atoms with Gasteiger partial charge in [-0.25, -0.2) is 14.6 Å². The number of aryl methyl sites for hydroxylation is 1.